The number of phenols is 1. The van der Waals surface area contributed by atoms with Gasteiger partial charge in [0.05, 0.1) is 0 Å². The second-order valence-electron chi connectivity index (χ2n) is 7.68. The van der Waals surface area contributed by atoms with E-state index in [4.69, 9.17) is 5.73 Å². The van der Waals surface area contributed by atoms with Crippen LogP contribution in [0.5, 0.6) is 5.75 Å². The van der Waals surface area contributed by atoms with E-state index in [1.807, 2.05) is 47.4 Å². The number of carbonyl (C=O) groups is 1. The van der Waals surface area contributed by atoms with Crippen molar-refractivity contribution in [3.05, 3.63) is 65.7 Å². The van der Waals surface area contributed by atoms with E-state index >= 15 is 0 Å². The van der Waals surface area contributed by atoms with Gasteiger partial charge in [0.2, 0.25) is 5.91 Å². The molecule has 4 heteroatoms. The van der Waals surface area contributed by atoms with Crippen LogP contribution in [-0.4, -0.2) is 29.0 Å². The lowest BCUT2D eigenvalue weighted by Gasteiger charge is -2.45. The third-order valence-corrected chi connectivity index (χ3v) is 5.96. The van der Waals surface area contributed by atoms with Crippen LogP contribution in [0.15, 0.2) is 54.6 Å². The molecule has 138 valence electrons. The van der Waals surface area contributed by atoms with Crippen LogP contribution in [0.2, 0.25) is 0 Å². The highest BCUT2D eigenvalue weighted by Gasteiger charge is 2.39. The molecule has 0 radical (unpaired) electrons. The van der Waals surface area contributed by atoms with E-state index in [0.29, 0.717) is 24.6 Å². The van der Waals surface area contributed by atoms with E-state index < -0.39 is 0 Å². The van der Waals surface area contributed by atoms with Gasteiger partial charge >= 0.3 is 0 Å². The zero-order valence-electron chi connectivity index (χ0n) is 15.6. The fourth-order valence-corrected chi connectivity index (χ4v) is 3.89. The highest BCUT2D eigenvalue weighted by atomic mass is 16.3. The molecule has 4 nitrogen and oxygen atoms in total. The van der Waals surface area contributed by atoms with E-state index in [0.717, 1.165) is 24.1 Å². The van der Waals surface area contributed by atoms with Crippen molar-refractivity contribution in [2.24, 2.45) is 11.7 Å². The van der Waals surface area contributed by atoms with Crippen LogP contribution in [0.4, 0.5) is 0 Å². The van der Waals surface area contributed by atoms with Gasteiger partial charge in [-0.2, -0.15) is 0 Å². The summed E-state index contributed by atoms with van der Waals surface area (Å²) >= 11 is 0. The summed E-state index contributed by atoms with van der Waals surface area (Å²) in [6.07, 6.45) is 1.21. The van der Waals surface area contributed by atoms with Crippen LogP contribution < -0.4 is 5.73 Å². The van der Waals surface area contributed by atoms with Gasteiger partial charge in [-0.1, -0.05) is 56.3 Å². The number of benzene rings is 2. The van der Waals surface area contributed by atoms with Gasteiger partial charge in [-0.15, -0.1) is 0 Å². The molecule has 0 saturated carbocycles. The Bertz CT molecular complexity index is 762. The summed E-state index contributed by atoms with van der Waals surface area (Å²) in [5.74, 6) is 0.712. The zero-order valence-corrected chi connectivity index (χ0v) is 15.6. The predicted octanol–water partition coefficient (Wildman–Crippen LogP) is 3.61. The standard InChI is InChI=1S/C22H28N2O2/c1-16-15-24(21(26)14-20(23)17-7-4-3-5-8-17)12-11-22(16,2)18-9-6-10-19(25)13-18/h3-10,13,16,20,25H,11-12,14-15,23H2,1-2H3/t16-,20?,22-/m0/s1. The van der Waals surface area contributed by atoms with Crippen molar-refractivity contribution in [1.29, 1.82) is 0 Å². The summed E-state index contributed by atoms with van der Waals surface area (Å²) in [4.78, 5) is 14.7. The Balaban J connectivity index is 1.65. The first-order chi connectivity index (χ1) is 12.4. The molecular formula is C22H28N2O2. The van der Waals surface area contributed by atoms with Gasteiger partial charge in [0.15, 0.2) is 0 Å². The summed E-state index contributed by atoms with van der Waals surface area (Å²) in [5.41, 5.74) is 8.31. The molecule has 1 heterocycles. The Hall–Kier alpha value is -2.33. The molecule has 3 N–H and O–H groups in total. The maximum absolute atomic E-state index is 12.7. The topological polar surface area (TPSA) is 66.6 Å². The molecule has 1 saturated heterocycles. The van der Waals surface area contributed by atoms with E-state index in [9.17, 15) is 9.90 Å². The lowest BCUT2D eigenvalue weighted by molar-refractivity contribution is -0.134. The van der Waals surface area contributed by atoms with Crippen molar-refractivity contribution in [2.45, 2.75) is 38.1 Å². The van der Waals surface area contributed by atoms with Crippen LogP contribution in [0.1, 0.15) is 43.9 Å². The lowest BCUT2D eigenvalue weighted by atomic mass is 9.68. The molecule has 0 aromatic heterocycles. The van der Waals surface area contributed by atoms with Crippen LogP contribution in [-0.2, 0) is 10.2 Å². The molecule has 0 aliphatic carbocycles. The van der Waals surface area contributed by atoms with Crippen LogP contribution in [0, 0.1) is 5.92 Å². The average Bonchev–Trinajstić information content (AvgIpc) is 2.64. The molecule has 3 atom stereocenters. The molecule has 2 aromatic rings. The fourth-order valence-electron chi connectivity index (χ4n) is 3.89. The molecule has 1 unspecified atom stereocenters. The fraction of sp³-hybridized carbons (Fsp3) is 0.409. The number of carbonyl (C=O) groups excluding carboxylic acids is 1. The molecule has 2 aromatic carbocycles. The molecular weight excluding hydrogens is 324 g/mol. The Morgan fingerprint density at radius 2 is 2.00 bits per heavy atom. The predicted molar refractivity (Wildman–Crippen MR) is 104 cm³/mol. The van der Waals surface area contributed by atoms with E-state index in [1.54, 1.807) is 6.07 Å². The van der Waals surface area contributed by atoms with Crippen LogP contribution in [0.3, 0.4) is 0 Å². The van der Waals surface area contributed by atoms with Crippen molar-refractivity contribution in [3.8, 4) is 5.75 Å². The number of hydrogen-bond donors (Lipinski definition) is 2. The smallest absolute Gasteiger partial charge is 0.224 e. The van der Waals surface area contributed by atoms with Gasteiger partial charge in [-0.25, -0.2) is 0 Å². The zero-order chi connectivity index (χ0) is 18.7. The monoisotopic (exact) mass is 352 g/mol. The minimum Gasteiger partial charge on any atom is -0.508 e. The van der Waals surface area contributed by atoms with E-state index in [-0.39, 0.29) is 17.4 Å². The maximum Gasteiger partial charge on any atom is 0.224 e. The average molecular weight is 352 g/mol. The number of nitrogens with zero attached hydrogens (tertiary/aromatic N) is 1. The quantitative estimate of drug-likeness (QED) is 0.883. The number of piperidine rings is 1. The number of hydrogen-bond acceptors (Lipinski definition) is 3. The Morgan fingerprint density at radius 1 is 1.27 bits per heavy atom. The Morgan fingerprint density at radius 3 is 2.65 bits per heavy atom. The highest BCUT2D eigenvalue weighted by Crippen LogP contribution is 2.40. The molecule has 1 aliphatic heterocycles. The first-order valence-corrected chi connectivity index (χ1v) is 9.28. The molecule has 1 fully saturated rings. The normalized spacial score (nSPS) is 24.3. The van der Waals surface area contributed by atoms with Gasteiger partial charge in [0.1, 0.15) is 5.75 Å². The number of amides is 1. The number of nitrogens with two attached hydrogens (primary N) is 1. The molecule has 1 amide bonds. The summed E-state index contributed by atoms with van der Waals surface area (Å²) in [6.45, 7) is 5.84. The van der Waals surface area contributed by atoms with Gasteiger partial charge < -0.3 is 15.7 Å². The first kappa shape index (κ1) is 18.5. The lowest BCUT2D eigenvalue weighted by Crippen LogP contribution is -2.49. The third kappa shape index (κ3) is 3.75. The van der Waals surface area contributed by atoms with Gasteiger partial charge in [0, 0.05) is 25.6 Å². The van der Waals surface area contributed by atoms with Crippen LogP contribution >= 0.6 is 0 Å². The SMILES string of the molecule is C[C@H]1CN(C(=O)CC(N)c2ccccc2)CC[C@]1(C)c1cccc(O)c1. The summed E-state index contributed by atoms with van der Waals surface area (Å²) < 4.78 is 0. The number of aromatic hydroxyl groups is 1. The minimum absolute atomic E-state index is 0.0446. The largest absolute Gasteiger partial charge is 0.508 e. The minimum atomic E-state index is -0.265. The van der Waals surface area contributed by atoms with E-state index in [2.05, 4.69) is 19.9 Å². The van der Waals surface area contributed by atoms with Crippen molar-refractivity contribution in [1.82, 2.24) is 4.90 Å². The summed E-state index contributed by atoms with van der Waals surface area (Å²) in [5, 5.41) is 9.81. The number of rotatable bonds is 4. The van der Waals surface area contributed by atoms with Gasteiger partial charge in [-0.05, 0) is 41.0 Å². The van der Waals surface area contributed by atoms with Crippen molar-refractivity contribution >= 4 is 5.91 Å². The molecule has 0 bridgehead atoms. The van der Waals surface area contributed by atoms with Crippen molar-refractivity contribution in [2.75, 3.05) is 13.1 Å². The maximum atomic E-state index is 12.7. The van der Waals surface area contributed by atoms with Crippen LogP contribution in [0.25, 0.3) is 0 Å². The Labute approximate surface area is 155 Å². The summed E-state index contributed by atoms with van der Waals surface area (Å²) in [6, 6.07) is 17.0. The Kier molecular flexibility index (Phi) is 5.33. The molecule has 26 heavy (non-hydrogen) atoms. The second kappa shape index (κ2) is 7.50. The summed E-state index contributed by atoms with van der Waals surface area (Å²) in [7, 11) is 0. The molecule has 1 aliphatic rings. The number of phenolic OH excluding ortho intramolecular Hbond substituents is 1. The highest BCUT2D eigenvalue weighted by molar-refractivity contribution is 5.77. The van der Waals surface area contributed by atoms with E-state index in [1.165, 1.54) is 0 Å². The molecule has 0 spiro atoms. The third-order valence-electron chi connectivity index (χ3n) is 5.96. The second-order valence-corrected chi connectivity index (χ2v) is 7.68. The first-order valence-electron chi connectivity index (χ1n) is 9.28. The number of likely N-dealkylation sites (tertiary alicyclic amines) is 1. The van der Waals surface area contributed by atoms with Crippen molar-refractivity contribution in [3.63, 3.8) is 0 Å². The van der Waals surface area contributed by atoms with Gasteiger partial charge in [-0.3, -0.25) is 4.79 Å². The van der Waals surface area contributed by atoms with Gasteiger partial charge in [0.25, 0.3) is 0 Å². The van der Waals surface area contributed by atoms with Crippen molar-refractivity contribution < 1.29 is 9.90 Å². The molecule has 3 rings (SSSR count).